The number of aromatic nitrogens is 3. The van der Waals surface area contributed by atoms with E-state index in [1.165, 1.54) is 0 Å². The van der Waals surface area contributed by atoms with Crippen LogP contribution in [0.4, 0.5) is 0 Å². The predicted octanol–water partition coefficient (Wildman–Crippen LogP) is 4.99. The number of nitrogens with one attached hydrogen (secondary N) is 1. The van der Waals surface area contributed by atoms with E-state index in [0.717, 1.165) is 54.4 Å². The van der Waals surface area contributed by atoms with Gasteiger partial charge in [-0.1, -0.05) is 12.1 Å². The molecule has 0 aliphatic carbocycles. The molecule has 1 aliphatic heterocycles. The first kappa shape index (κ1) is 24.2. The number of H-pyrrole nitrogens is 1. The highest BCUT2D eigenvalue weighted by Gasteiger charge is 2.26. The third-order valence-electron chi connectivity index (χ3n) is 6.99. The number of ether oxygens (including phenoxy) is 1. The van der Waals surface area contributed by atoms with Crippen molar-refractivity contribution in [2.75, 3.05) is 27.2 Å². The second-order valence-electron chi connectivity index (χ2n) is 9.96. The number of hydrogen-bond acceptors (Lipinski definition) is 5. The number of carbonyl (C=O) groups excluding carboxylic acids is 2. The molecule has 2 aromatic carbocycles. The van der Waals surface area contributed by atoms with E-state index >= 15 is 0 Å². The van der Waals surface area contributed by atoms with E-state index in [-0.39, 0.29) is 18.4 Å². The third kappa shape index (κ3) is 4.32. The van der Waals surface area contributed by atoms with Crippen LogP contribution in [0.15, 0.2) is 48.5 Å². The van der Waals surface area contributed by atoms with Gasteiger partial charge in [0.05, 0.1) is 27.8 Å². The number of benzene rings is 2. The molecule has 0 saturated carbocycles. The minimum absolute atomic E-state index is 0.0565. The van der Waals surface area contributed by atoms with Gasteiger partial charge in [0.15, 0.2) is 0 Å². The van der Waals surface area contributed by atoms with Crippen molar-refractivity contribution in [2.24, 2.45) is 0 Å². The molecule has 38 heavy (non-hydrogen) atoms. The lowest BCUT2D eigenvalue weighted by Crippen LogP contribution is -2.35. The number of hydrogen-bond donors (Lipinski definition) is 1. The Morgan fingerprint density at radius 3 is 2.68 bits per heavy atom. The number of fused-ring (bicyclic) bond motifs is 3. The maximum atomic E-state index is 13.9. The van der Waals surface area contributed by atoms with Crippen LogP contribution in [0.2, 0.25) is 0 Å². The molecule has 2 amide bonds. The molecular weight excluding hydrogens is 498 g/mol. The van der Waals surface area contributed by atoms with Crippen LogP contribution in [0.5, 0.6) is 5.75 Å². The van der Waals surface area contributed by atoms with Gasteiger partial charge in [-0.15, -0.1) is 11.3 Å². The highest BCUT2D eigenvalue weighted by atomic mass is 32.1. The lowest BCUT2D eigenvalue weighted by atomic mass is 10.0. The zero-order chi connectivity index (χ0) is 26.6. The Labute approximate surface area is 224 Å². The summed E-state index contributed by atoms with van der Waals surface area (Å²) in [7, 11) is 3.46. The quantitative estimate of drug-likeness (QED) is 0.357. The number of thiophene rings is 1. The molecule has 5 aromatic rings. The molecule has 6 rings (SSSR count). The summed E-state index contributed by atoms with van der Waals surface area (Å²) in [6.45, 7) is 5.39. The van der Waals surface area contributed by atoms with Crippen LogP contribution in [0.3, 0.4) is 0 Å². The van der Waals surface area contributed by atoms with Crippen LogP contribution in [-0.2, 0) is 17.9 Å². The molecule has 9 heteroatoms. The lowest BCUT2D eigenvalue weighted by molar-refractivity contribution is -0.129. The van der Waals surface area contributed by atoms with Crippen molar-refractivity contribution in [2.45, 2.75) is 26.9 Å². The van der Waals surface area contributed by atoms with Crippen molar-refractivity contribution < 1.29 is 14.3 Å². The van der Waals surface area contributed by atoms with Crippen molar-refractivity contribution in [3.8, 4) is 16.9 Å². The molecule has 0 spiro atoms. The van der Waals surface area contributed by atoms with E-state index < -0.39 is 0 Å². The number of imidazole rings is 1. The minimum atomic E-state index is -0.103. The molecule has 0 radical (unpaired) electrons. The Kier molecular flexibility index (Phi) is 5.95. The zero-order valence-electron chi connectivity index (χ0n) is 21.9. The number of likely N-dealkylation sites (N-methyl/N-ethyl adjacent to an activating group) is 1. The molecule has 0 saturated heterocycles. The van der Waals surface area contributed by atoms with Gasteiger partial charge in [0.2, 0.25) is 5.91 Å². The van der Waals surface area contributed by atoms with Gasteiger partial charge in [-0.25, -0.2) is 4.98 Å². The number of amides is 2. The Morgan fingerprint density at radius 2 is 1.87 bits per heavy atom. The number of nitrogens with zero attached hydrogens (tertiary/aromatic N) is 4. The zero-order valence-corrected chi connectivity index (χ0v) is 22.7. The van der Waals surface area contributed by atoms with Gasteiger partial charge in [-0.2, -0.15) is 0 Å². The fourth-order valence-corrected chi connectivity index (χ4v) is 5.98. The first-order chi connectivity index (χ1) is 18.3. The molecule has 0 fully saturated rings. The molecule has 1 aliphatic rings. The average molecular weight is 528 g/mol. The summed E-state index contributed by atoms with van der Waals surface area (Å²) in [6.07, 6.45) is 0. The monoisotopic (exact) mass is 527 g/mol. The van der Waals surface area contributed by atoms with Gasteiger partial charge >= 0.3 is 0 Å². The van der Waals surface area contributed by atoms with Crippen LogP contribution in [0, 0.1) is 13.8 Å². The second kappa shape index (κ2) is 9.33. The van der Waals surface area contributed by atoms with E-state index in [1.807, 2.05) is 47.6 Å². The summed E-state index contributed by atoms with van der Waals surface area (Å²) in [6, 6.07) is 16.3. The Morgan fingerprint density at radius 1 is 1.08 bits per heavy atom. The molecule has 4 heterocycles. The van der Waals surface area contributed by atoms with Crippen LogP contribution >= 0.6 is 11.3 Å². The first-order valence-electron chi connectivity index (χ1n) is 12.6. The summed E-state index contributed by atoms with van der Waals surface area (Å²) in [4.78, 5) is 38.9. The van der Waals surface area contributed by atoms with Gasteiger partial charge in [0, 0.05) is 31.1 Å². The molecule has 3 aromatic heterocycles. The lowest BCUT2D eigenvalue weighted by Gasteiger charge is -2.21. The predicted molar refractivity (Wildman–Crippen MR) is 150 cm³/mol. The van der Waals surface area contributed by atoms with Crippen LogP contribution < -0.4 is 4.74 Å². The standard InChI is InChI=1S/C29H29N5O3S/c1-17-11-24-27(38-17)14-25(34(24)16-28(35)32(3)4)29(36)33-9-10-37-26-8-6-19(12-21(26)15-33)20-5-7-22-23(13-20)31-18(2)30-22/h5-8,11-14H,9-10,15-16H2,1-4H3,(H,30,31). The van der Waals surface area contributed by atoms with Crippen LogP contribution in [0.1, 0.15) is 26.8 Å². The highest BCUT2D eigenvalue weighted by molar-refractivity contribution is 7.19. The van der Waals surface area contributed by atoms with Gasteiger partial charge in [-0.3, -0.25) is 9.59 Å². The maximum Gasteiger partial charge on any atom is 0.270 e. The second-order valence-corrected chi connectivity index (χ2v) is 11.3. The number of aryl methyl sites for hydroxylation is 2. The number of aromatic amines is 1. The largest absolute Gasteiger partial charge is 0.491 e. The highest BCUT2D eigenvalue weighted by Crippen LogP contribution is 2.33. The average Bonchev–Trinajstić information content (AvgIpc) is 3.48. The normalized spacial score (nSPS) is 13.4. The fourth-order valence-electron chi connectivity index (χ4n) is 5.02. The van der Waals surface area contributed by atoms with E-state index in [0.29, 0.717) is 25.4 Å². The van der Waals surface area contributed by atoms with E-state index in [2.05, 4.69) is 34.2 Å². The molecule has 1 N–H and O–H groups in total. The molecule has 0 unspecified atom stereocenters. The van der Waals surface area contributed by atoms with E-state index in [4.69, 9.17) is 4.74 Å². The molecule has 194 valence electrons. The number of carbonyl (C=O) groups is 2. The number of rotatable bonds is 4. The molecular formula is C29H29N5O3S. The Balaban J connectivity index is 1.33. The van der Waals surface area contributed by atoms with E-state index in [1.54, 1.807) is 30.3 Å². The van der Waals surface area contributed by atoms with Crippen molar-refractivity contribution in [1.82, 2.24) is 24.3 Å². The van der Waals surface area contributed by atoms with Crippen molar-refractivity contribution in [1.29, 1.82) is 0 Å². The van der Waals surface area contributed by atoms with E-state index in [9.17, 15) is 9.59 Å². The van der Waals surface area contributed by atoms with Crippen LogP contribution in [-0.4, -0.2) is 63.4 Å². The first-order valence-corrected chi connectivity index (χ1v) is 13.4. The molecule has 0 atom stereocenters. The summed E-state index contributed by atoms with van der Waals surface area (Å²) in [5.74, 6) is 1.51. The minimum Gasteiger partial charge on any atom is -0.491 e. The fraction of sp³-hybridized carbons (Fsp3) is 0.276. The summed E-state index contributed by atoms with van der Waals surface area (Å²) >= 11 is 1.63. The summed E-state index contributed by atoms with van der Waals surface area (Å²) in [5.41, 5.74) is 6.45. The summed E-state index contributed by atoms with van der Waals surface area (Å²) in [5, 5.41) is 0. The van der Waals surface area contributed by atoms with Crippen molar-refractivity contribution in [3.63, 3.8) is 0 Å². The Hall–Kier alpha value is -4.11. The van der Waals surface area contributed by atoms with Gasteiger partial charge in [0.25, 0.3) is 5.91 Å². The maximum absolute atomic E-state index is 13.9. The van der Waals surface area contributed by atoms with Gasteiger partial charge in [-0.05, 0) is 61.4 Å². The SMILES string of the molecule is Cc1nc2ccc(-c3ccc4c(c3)CN(C(=O)c3cc5sc(C)cc5n3CC(=O)N(C)C)CCO4)cc2[nH]1. The van der Waals surface area contributed by atoms with Crippen molar-refractivity contribution >= 4 is 44.4 Å². The summed E-state index contributed by atoms with van der Waals surface area (Å²) < 4.78 is 8.90. The third-order valence-corrected chi connectivity index (χ3v) is 7.97. The Bertz CT molecular complexity index is 1710. The molecule has 8 nitrogen and oxygen atoms in total. The van der Waals surface area contributed by atoms with Crippen LogP contribution in [0.25, 0.3) is 32.4 Å². The smallest absolute Gasteiger partial charge is 0.270 e. The van der Waals surface area contributed by atoms with Gasteiger partial charge < -0.3 is 24.1 Å². The topological polar surface area (TPSA) is 83.5 Å². The van der Waals surface area contributed by atoms with Gasteiger partial charge in [0.1, 0.15) is 30.4 Å². The van der Waals surface area contributed by atoms with Crippen molar-refractivity contribution in [3.05, 3.63) is 70.5 Å². The molecule has 0 bridgehead atoms.